The van der Waals surface area contributed by atoms with Crippen molar-refractivity contribution in [2.75, 3.05) is 6.61 Å². The molecule has 0 saturated heterocycles. The lowest BCUT2D eigenvalue weighted by atomic mass is 10.0. The van der Waals surface area contributed by atoms with Gasteiger partial charge in [0.15, 0.2) is 0 Å². The third-order valence-electron chi connectivity index (χ3n) is 3.38. The molecule has 0 spiro atoms. The Hall–Kier alpha value is -0.730. The molecule has 19 heavy (non-hydrogen) atoms. The molecule has 2 nitrogen and oxygen atoms in total. The molecule has 1 aliphatic carbocycles. The first-order chi connectivity index (χ1) is 8.69. The Balaban J connectivity index is 0.00000180. The van der Waals surface area contributed by atoms with Crippen LogP contribution in [0.4, 0.5) is 0 Å². The molecule has 108 valence electrons. The molecule has 2 rings (SSSR count). The van der Waals surface area contributed by atoms with Crippen LogP contribution in [0.2, 0.25) is 0 Å². The third-order valence-corrected chi connectivity index (χ3v) is 3.38. The number of aryl methyl sites for hydroxylation is 1. The first kappa shape index (κ1) is 16.3. The Morgan fingerprint density at radius 1 is 1.37 bits per heavy atom. The lowest BCUT2D eigenvalue weighted by molar-refractivity contribution is 0.296. The van der Waals surface area contributed by atoms with Gasteiger partial charge in [-0.2, -0.15) is 0 Å². The van der Waals surface area contributed by atoms with Gasteiger partial charge in [0, 0.05) is 6.04 Å². The molecule has 3 heteroatoms. The summed E-state index contributed by atoms with van der Waals surface area (Å²) in [5.74, 6) is 1.84. The molecule has 0 aromatic heterocycles. The summed E-state index contributed by atoms with van der Waals surface area (Å²) >= 11 is 0. The Morgan fingerprint density at radius 2 is 2.11 bits per heavy atom. The highest BCUT2D eigenvalue weighted by atomic mass is 35.5. The fourth-order valence-electron chi connectivity index (χ4n) is 2.22. The van der Waals surface area contributed by atoms with Crippen molar-refractivity contribution in [3.05, 3.63) is 29.3 Å². The van der Waals surface area contributed by atoms with E-state index >= 15 is 0 Å². The molecule has 0 radical (unpaired) electrons. The smallest absolute Gasteiger partial charge is 0.122 e. The van der Waals surface area contributed by atoms with Gasteiger partial charge in [0.2, 0.25) is 0 Å². The van der Waals surface area contributed by atoms with Crippen molar-refractivity contribution >= 4 is 12.4 Å². The van der Waals surface area contributed by atoms with E-state index in [1.165, 1.54) is 30.4 Å². The summed E-state index contributed by atoms with van der Waals surface area (Å²) in [5, 5.41) is 0. The highest BCUT2D eigenvalue weighted by molar-refractivity contribution is 5.85. The summed E-state index contributed by atoms with van der Waals surface area (Å²) in [7, 11) is 0. The van der Waals surface area contributed by atoms with Crippen molar-refractivity contribution in [1.82, 2.24) is 0 Å². The Kier molecular flexibility index (Phi) is 6.67. The SMILES string of the molecule is CCCc1ccc(OCC2CC2)c(CC(C)N)c1.Cl. The molecule has 1 aromatic rings. The Labute approximate surface area is 123 Å². The summed E-state index contributed by atoms with van der Waals surface area (Å²) in [6.07, 6.45) is 5.87. The van der Waals surface area contributed by atoms with Crippen molar-refractivity contribution < 1.29 is 4.74 Å². The van der Waals surface area contributed by atoms with E-state index in [0.29, 0.717) is 0 Å². The van der Waals surface area contributed by atoms with Crippen LogP contribution in [0.15, 0.2) is 18.2 Å². The van der Waals surface area contributed by atoms with E-state index in [-0.39, 0.29) is 18.4 Å². The average Bonchev–Trinajstić information content (AvgIpc) is 3.11. The fraction of sp³-hybridized carbons (Fsp3) is 0.625. The average molecular weight is 284 g/mol. The number of ether oxygens (including phenoxy) is 1. The van der Waals surface area contributed by atoms with Crippen LogP contribution in [0, 0.1) is 5.92 Å². The van der Waals surface area contributed by atoms with Gasteiger partial charge in [0.05, 0.1) is 6.61 Å². The molecular weight excluding hydrogens is 258 g/mol. The molecule has 0 amide bonds. The molecule has 1 aromatic carbocycles. The van der Waals surface area contributed by atoms with Crippen LogP contribution < -0.4 is 10.5 Å². The Morgan fingerprint density at radius 3 is 2.68 bits per heavy atom. The Bertz CT molecular complexity index is 388. The van der Waals surface area contributed by atoms with Gasteiger partial charge in [-0.1, -0.05) is 25.5 Å². The highest BCUT2D eigenvalue weighted by Gasteiger charge is 2.22. The normalized spacial score (nSPS) is 15.7. The van der Waals surface area contributed by atoms with Crippen molar-refractivity contribution in [1.29, 1.82) is 0 Å². The van der Waals surface area contributed by atoms with E-state index in [2.05, 4.69) is 32.0 Å². The zero-order chi connectivity index (χ0) is 13.0. The number of nitrogens with two attached hydrogens (primary N) is 1. The van der Waals surface area contributed by atoms with E-state index in [4.69, 9.17) is 10.5 Å². The molecular formula is C16H26ClNO. The number of hydrogen-bond donors (Lipinski definition) is 1. The van der Waals surface area contributed by atoms with Gasteiger partial charge in [-0.3, -0.25) is 0 Å². The minimum Gasteiger partial charge on any atom is -0.493 e. The van der Waals surface area contributed by atoms with Crippen LogP contribution in [0.1, 0.15) is 44.2 Å². The lowest BCUT2D eigenvalue weighted by Crippen LogP contribution is -2.18. The molecule has 1 unspecified atom stereocenters. The van der Waals surface area contributed by atoms with E-state index < -0.39 is 0 Å². The van der Waals surface area contributed by atoms with Gasteiger partial charge in [-0.25, -0.2) is 0 Å². The largest absolute Gasteiger partial charge is 0.493 e. The first-order valence-corrected chi connectivity index (χ1v) is 7.19. The predicted octanol–water partition coefficient (Wildman–Crippen LogP) is 3.74. The first-order valence-electron chi connectivity index (χ1n) is 7.19. The van der Waals surface area contributed by atoms with Crippen LogP contribution in [-0.2, 0) is 12.8 Å². The monoisotopic (exact) mass is 283 g/mol. The van der Waals surface area contributed by atoms with Gasteiger partial charge in [0.25, 0.3) is 0 Å². The molecule has 0 heterocycles. The minimum atomic E-state index is 0. The molecule has 0 bridgehead atoms. The van der Waals surface area contributed by atoms with Crippen molar-refractivity contribution in [3.8, 4) is 5.75 Å². The topological polar surface area (TPSA) is 35.2 Å². The summed E-state index contributed by atoms with van der Waals surface area (Å²) in [4.78, 5) is 0. The second-order valence-corrected chi connectivity index (χ2v) is 5.63. The minimum absolute atomic E-state index is 0. The van der Waals surface area contributed by atoms with Crippen LogP contribution >= 0.6 is 12.4 Å². The van der Waals surface area contributed by atoms with Crippen LogP contribution in [0.25, 0.3) is 0 Å². The summed E-state index contributed by atoms with van der Waals surface area (Å²) in [6, 6.07) is 6.78. The van der Waals surface area contributed by atoms with Crippen molar-refractivity contribution in [2.24, 2.45) is 11.7 Å². The van der Waals surface area contributed by atoms with Gasteiger partial charge in [-0.05, 0) is 55.7 Å². The van der Waals surface area contributed by atoms with E-state index in [0.717, 1.165) is 31.1 Å². The maximum atomic E-state index is 5.94. The van der Waals surface area contributed by atoms with E-state index in [1.54, 1.807) is 0 Å². The van der Waals surface area contributed by atoms with Crippen LogP contribution in [0.3, 0.4) is 0 Å². The summed E-state index contributed by atoms with van der Waals surface area (Å²) in [5.41, 5.74) is 8.60. The molecule has 1 saturated carbocycles. The molecule has 1 atom stereocenters. The number of hydrogen-bond acceptors (Lipinski definition) is 2. The number of halogens is 1. The van der Waals surface area contributed by atoms with Gasteiger partial charge in [-0.15, -0.1) is 12.4 Å². The predicted molar refractivity (Wildman–Crippen MR) is 83.3 cm³/mol. The van der Waals surface area contributed by atoms with Crippen molar-refractivity contribution in [3.63, 3.8) is 0 Å². The zero-order valence-corrected chi connectivity index (χ0v) is 12.8. The van der Waals surface area contributed by atoms with Gasteiger partial charge < -0.3 is 10.5 Å². The summed E-state index contributed by atoms with van der Waals surface area (Å²) < 4.78 is 5.94. The number of rotatable bonds is 7. The van der Waals surface area contributed by atoms with Gasteiger partial charge >= 0.3 is 0 Å². The maximum absolute atomic E-state index is 5.94. The second-order valence-electron chi connectivity index (χ2n) is 5.63. The molecule has 0 aliphatic heterocycles. The molecule has 2 N–H and O–H groups in total. The fourth-order valence-corrected chi connectivity index (χ4v) is 2.22. The van der Waals surface area contributed by atoms with Crippen LogP contribution in [0.5, 0.6) is 5.75 Å². The molecule has 1 aliphatic rings. The van der Waals surface area contributed by atoms with Crippen molar-refractivity contribution in [2.45, 2.75) is 52.0 Å². The quantitative estimate of drug-likeness (QED) is 0.827. The number of benzene rings is 1. The summed E-state index contributed by atoms with van der Waals surface area (Å²) in [6.45, 7) is 5.14. The van der Waals surface area contributed by atoms with E-state index in [9.17, 15) is 0 Å². The standard InChI is InChI=1S/C16H25NO.ClH/c1-3-4-13-7-8-16(18-11-14-5-6-14)15(10-13)9-12(2)17;/h7-8,10,12,14H,3-6,9,11,17H2,1-2H3;1H. The van der Waals surface area contributed by atoms with Gasteiger partial charge in [0.1, 0.15) is 5.75 Å². The lowest BCUT2D eigenvalue weighted by Gasteiger charge is -2.14. The highest BCUT2D eigenvalue weighted by Crippen LogP contribution is 2.31. The maximum Gasteiger partial charge on any atom is 0.122 e. The zero-order valence-electron chi connectivity index (χ0n) is 12.0. The third kappa shape index (κ3) is 5.42. The second kappa shape index (κ2) is 7.76. The van der Waals surface area contributed by atoms with E-state index in [1.807, 2.05) is 0 Å². The van der Waals surface area contributed by atoms with Crippen LogP contribution in [-0.4, -0.2) is 12.6 Å². The molecule has 1 fully saturated rings.